The smallest absolute Gasteiger partial charge is 0.348 e. The quantitative estimate of drug-likeness (QED) is 0.172. The summed E-state index contributed by atoms with van der Waals surface area (Å²) in [6.07, 6.45) is 0. The highest BCUT2D eigenvalue weighted by atomic mass is 35.5. The van der Waals surface area contributed by atoms with Crippen molar-refractivity contribution in [3.63, 3.8) is 0 Å². The van der Waals surface area contributed by atoms with E-state index in [1.807, 2.05) is 0 Å². The van der Waals surface area contributed by atoms with Gasteiger partial charge in [0, 0.05) is 5.70 Å². The molecule has 0 saturated carbocycles. The Bertz CT molecular complexity index is 809. The van der Waals surface area contributed by atoms with Crippen molar-refractivity contribution < 1.29 is 32.2 Å². The number of benzene rings is 1. The standard InChI is InChI=1S/C17H15ClF3NO4S/c1-3-25-16(23)12(17(24)26-4-2)15-22(9(7-18)8-27-15)11-6-5-10(19)13(20)14(11)21/h5-6,8H,3-4,7H2,1-2H3. The summed E-state index contributed by atoms with van der Waals surface area (Å²) < 4.78 is 51.2. The molecule has 146 valence electrons. The Hall–Kier alpha value is -2.13. The summed E-state index contributed by atoms with van der Waals surface area (Å²) in [5.41, 5.74) is -0.649. The Labute approximate surface area is 162 Å². The molecule has 0 spiro atoms. The third-order valence-electron chi connectivity index (χ3n) is 3.36. The number of carbonyl (C=O) groups excluding carboxylic acids is 2. The number of anilines is 1. The van der Waals surface area contributed by atoms with Crippen LogP contribution in [0.15, 0.2) is 33.8 Å². The molecular formula is C17H15ClF3NO4S. The molecule has 0 fully saturated rings. The zero-order valence-electron chi connectivity index (χ0n) is 14.4. The van der Waals surface area contributed by atoms with Crippen LogP contribution >= 0.6 is 23.4 Å². The van der Waals surface area contributed by atoms with E-state index < -0.39 is 40.7 Å². The average molecular weight is 422 g/mol. The van der Waals surface area contributed by atoms with Crippen molar-refractivity contribution in [1.29, 1.82) is 0 Å². The van der Waals surface area contributed by atoms with Gasteiger partial charge in [0.1, 0.15) is 5.03 Å². The van der Waals surface area contributed by atoms with Gasteiger partial charge in [0.2, 0.25) is 0 Å². The normalized spacial score (nSPS) is 13.5. The highest BCUT2D eigenvalue weighted by molar-refractivity contribution is 8.06. The summed E-state index contributed by atoms with van der Waals surface area (Å²) in [5.74, 6) is -6.68. The lowest BCUT2D eigenvalue weighted by Crippen LogP contribution is -2.27. The van der Waals surface area contributed by atoms with E-state index in [1.165, 1.54) is 5.41 Å². The van der Waals surface area contributed by atoms with E-state index in [1.54, 1.807) is 13.8 Å². The second-order valence-corrected chi connectivity index (χ2v) is 6.14. The summed E-state index contributed by atoms with van der Waals surface area (Å²) in [4.78, 5) is 25.7. The van der Waals surface area contributed by atoms with Crippen molar-refractivity contribution >= 4 is 41.0 Å². The lowest BCUT2D eigenvalue weighted by Gasteiger charge is -2.24. The number of alkyl halides is 1. The van der Waals surface area contributed by atoms with Gasteiger partial charge < -0.3 is 14.4 Å². The van der Waals surface area contributed by atoms with E-state index in [0.717, 1.165) is 28.8 Å². The number of thioether (sulfide) groups is 1. The topological polar surface area (TPSA) is 55.8 Å². The molecule has 0 unspecified atom stereocenters. The lowest BCUT2D eigenvalue weighted by molar-refractivity contribution is -0.146. The molecular weight excluding hydrogens is 407 g/mol. The van der Waals surface area contributed by atoms with Crippen LogP contribution in [0.2, 0.25) is 0 Å². The number of rotatable bonds is 6. The minimum absolute atomic E-state index is 0.0188. The summed E-state index contributed by atoms with van der Waals surface area (Å²) in [5, 5.41) is 1.38. The lowest BCUT2D eigenvalue weighted by atomic mass is 10.2. The van der Waals surface area contributed by atoms with Gasteiger partial charge in [0.25, 0.3) is 0 Å². The second kappa shape index (κ2) is 9.18. The maximum atomic E-state index is 14.4. The third kappa shape index (κ3) is 4.24. The van der Waals surface area contributed by atoms with E-state index >= 15 is 0 Å². The number of ether oxygens (including phenoxy) is 2. The fraction of sp³-hybridized carbons (Fsp3) is 0.294. The molecule has 0 N–H and O–H groups in total. The number of hydrogen-bond donors (Lipinski definition) is 0. The molecule has 0 saturated heterocycles. The highest BCUT2D eigenvalue weighted by Crippen LogP contribution is 2.42. The van der Waals surface area contributed by atoms with Crippen LogP contribution in [-0.4, -0.2) is 31.0 Å². The monoisotopic (exact) mass is 421 g/mol. The zero-order valence-corrected chi connectivity index (χ0v) is 15.9. The molecule has 0 radical (unpaired) electrons. The Morgan fingerprint density at radius 2 is 1.67 bits per heavy atom. The Balaban J connectivity index is 2.68. The molecule has 5 nitrogen and oxygen atoms in total. The van der Waals surface area contributed by atoms with Crippen molar-refractivity contribution in [3.8, 4) is 0 Å². The molecule has 0 amide bonds. The molecule has 2 rings (SSSR count). The van der Waals surface area contributed by atoms with Gasteiger partial charge in [-0.3, -0.25) is 0 Å². The third-order valence-corrected chi connectivity index (χ3v) is 4.64. The molecule has 1 aromatic carbocycles. The van der Waals surface area contributed by atoms with E-state index in [-0.39, 0.29) is 29.8 Å². The first-order valence-corrected chi connectivity index (χ1v) is 9.22. The second-order valence-electron chi connectivity index (χ2n) is 5.01. The fourth-order valence-corrected chi connectivity index (χ4v) is 3.57. The van der Waals surface area contributed by atoms with Crippen LogP contribution < -0.4 is 4.90 Å². The molecule has 0 aliphatic carbocycles. The van der Waals surface area contributed by atoms with Gasteiger partial charge in [-0.2, -0.15) is 0 Å². The molecule has 1 aromatic rings. The van der Waals surface area contributed by atoms with Crippen LogP contribution in [0.5, 0.6) is 0 Å². The van der Waals surface area contributed by atoms with Gasteiger partial charge in [-0.15, -0.1) is 11.6 Å². The van der Waals surface area contributed by atoms with Crippen LogP contribution in [0.25, 0.3) is 0 Å². The van der Waals surface area contributed by atoms with E-state index in [4.69, 9.17) is 21.1 Å². The Kier molecular flexibility index (Phi) is 7.20. The first-order chi connectivity index (χ1) is 12.9. The minimum atomic E-state index is -1.69. The largest absolute Gasteiger partial charge is 0.462 e. The van der Waals surface area contributed by atoms with Crippen molar-refractivity contribution in [2.75, 3.05) is 24.0 Å². The number of halogens is 4. The first kappa shape index (κ1) is 21.2. The average Bonchev–Trinajstić information content (AvgIpc) is 3.04. The number of allylic oxidation sites excluding steroid dienone is 1. The number of hydrogen-bond acceptors (Lipinski definition) is 6. The van der Waals surface area contributed by atoms with Crippen molar-refractivity contribution in [1.82, 2.24) is 0 Å². The van der Waals surface area contributed by atoms with Gasteiger partial charge >= 0.3 is 11.9 Å². The van der Waals surface area contributed by atoms with E-state index in [2.05, 4.69) is 0 Å². The molecule has 0 bridgehead atoms. The van der Waals surface area contributed by atoms with Crippen molar-refractivity contribution in [2.24, 2.45) is 0 Å². The van der Waals surface area contributed by atoms with E-state index in [0.29, 0.717) is 0 Å². The number of nitrogens with zero attached hydrogens (tertiary/aromatic N) is 1. The van der Waals surface area contributed by atoms with Crippen LogP contribution in [0, 0.1) is 17.5 Å². The minimum Gasteiger partial charge on any atom is -0.462 e. The van der Waals surface area contributed by atoms with Gasteiger partial charge in [-0.05, 0) is 31.4 Å². The molecule has 1 heterocycles. The van der Waals surface area contributed by atoms with Crippen LogP contribution in [0.4, 0.5) is 18.9 Å². The van der Waals surface area contributed by atoms with Crippen LogP contribution in [0.1, 0.15) is 13.8 Å². The zero-order chi connectivity index (χ0) is 20.1. The summed E-state index contributed by atoms with van der Waals surface area (Å²) >= 11 is 6.75. The molecule has 1 aliphatic heterocycles. The Morgan fingerprint density at radius 3 is 2.19 bits per heavy atom. The van der Waals surface area contributed by atoms with Gasteiger partial charge in [-0.1, -0.05) is 11.8 Å². The maximum absolute atomic E-state index is 14.4. The van der Waals surface area contributed by atoms with Gasteiger partial charge in [0.15, 0.2) is 23.0 Å². The van der Waals surface area contributed by atoms with Gasteiger partial charge in [-0.25, -0.2) is 22.8 Å². The SMILES string of the molecule is CCOC(=O)C(C(=O)OCC)=C1SC=C(CCl)N1c1ccc(F)c(F)c1F. The molecule has 27 heavy (non-hydrogen) atoms. The number of esters is 2. The molecule has 10 heteroatoms. The summed E-state index contributed by atoms with van der Waals surface area (Å²) in [6.45, 7) is 3.05. The predicted molar refractivity (Wildman–Crippen MR) is 95.5 cm³/mol. The first-order valence-electron chi connectivity index (χ1n) is 7.81. The molecule has 0 atom stereocenters. The molecule has 0 aromatic heterocycles. The maximum Gasteiger partial charge on any atom is 0.348 e. The van der Waals surface area contributed by atoms with Crippen LogP contribution in [0.3, 0.4) is 0 Å². The van der Waals surface area contributed by atoms with Crippen molar-refractivity contribution in [3.05, 3.63) is 51.3 Å². The van der Waals surface area contributed by atoms with Crippen molar-refractivity contribution in [2.45, 2.75) is 13.8 Å². The summed E-state index contributed by atoms with van der Waals surface area (Å²) in [6, 6.07) is 1.71. The van der Waals surface area contributed by atoms with Crippen LogP contribution in [-0.2, 0) is 19.1 Å². The molecule has 1 aliphatic rings. The predicted octanol–water partition coefficient (Wildman–Crippen LogP) is 4.08. The highest BCUT2D eigenvalue weighted by Gasteiger charge is 2.35. The van der Waals surface area contributed by atoms with E-state index in [9.17, 15) is 22.8 Å². The summed E-state index contributed by atoms with van der Waals surface area (Å²) in [7, 11) is 0. The van der Waals surface area contributed by atoms with Gasteiger partial charge in [0.05, 0.1) is 24.8 Å². The number of carbonyl (C=O) groups is 2. The fourth-order valence-electron chi connectivity index (χ4n) is 2.24. The Morgan fingerprint density at radius 1 is 1.07 bits per heavy atom.